The predicted octanol–water partition coefficient (Wildman–Crippen LogP) is 0.784. The topological polar surface area (TPSA) is 88.4 Å². The molecule has 0 amide bonds. The number of hydrogen-bond acceptors (Lipinski definition) is 4. The van der Waals surface area contributed by atoms with Gasteiger partial charge in [-0.25, -0.2) is 13.4 Å². The molecule has 0 saturated carbocycles. The molecule has 1 aromatic carbocycles. The molecule has 2 N–H and O–H groups in total. The van der Waals surface area contributed by atoms with Crippen LogP contribution in [0.2, 0.25) is 0 Å². The Balaban J connectivity index is 1.50. The first-order chi connectivity index (χ1) is 12.0. The summed E-state index contributed by atoms with van der Waals surface area (Å²) in [6.07, 6.45) is 6.14. The molecule has 1 aliphatic heterocycles. The molecule has 8 heteroatoms. The molecule has 7 nitrogen and oxygen atoms in total. The quantitative estimate of drug-likeness (QED) is 0.607. The summed E-state index contributed by atoms with van der Waals surface area (Å²) < 4.78 is 25.1. The Morgan fingerprint density at radius 2 is 2.08 bits per heavy atom. The average Bonchev–Trinajstić information content (AvgIpc) is 3.22. The Labute approximate surface area is 148 Å². The minimum Gasteiger partial charge on any atom is -0.353 e. The van der Waals surface area contributed by atoms with E-state index < -0.39 is 9.84 Å². The molecule has 2 heterocycles. The van der Waals surface area contributed by atoms with Gasteiger partial charge in [-0.15, -0.1) is 0 Å². The number of rotatable bonds is 5. The van der Waals surface area contributed by atoms with E-state index >= 15 is 0 Å². The molecule has 25 heavy (non-hydrogen) atoms. The number of aliphatic imine (C=N–C) groups is 1. The van der Waals surface area contributed by atoms with Gasteiger partial charge in [0.1, 0.15) is 0 Å². The highest BCUT2D eigenvalue weighted by Gasteiger charge is 2.28. The van der Waals surface area contributed by atoms with E-state index in [-0.39, 0.29) is 17.5 Å². The average molecular weight is 361 g/mol. The monoisotopic (exact) mass is 361 g/mol. The summed E-state index contributed by atoms with van der Waals surface area (Å²) in [6.45, 7) is 1.43. The predicted molar refractivity (Wildman–Crippen MR) is 98.2 cm³/mol. The van der Waals surface area contributed by atoms with Gasteiger partial charge in [0.2, 0.25) is 0 Å². The fourth-order valence-electron chi connectivity index (χ4n) is 2.84. The molecule has 1 atom stereocenters. The maximum atomic E-state index is 11.5. The lowest BCUT2D eigenvalue weighted by Crippen LogP contribution is -2.43. The molecule has 0 bridgehead atoms. The molecule has 0 aliphatic carbocycles. The van der Waals surface area contributed by atoms with E-state index in [0.29, 0.717) is 18.9 Å². The van der Waals surface area contributed by atoms with Gasteiger partial charge >= 0.3 is 0 Å². The lowest BCUT2D eigenvalue weighted by atomic mass is 10.1. The lowest BCUT2D eigenvalue weighted by molar-refractivity contribution is 0.599. The fraction of sp³-hybridized carbons (Fsp3) is 0.412. The number of benzene rings is 1. The lowest BCUT2D eigenvalue weighted by Gasteiger charge is -2.16. The van der Waals surface area contributed by atoms with E-state index in [9.17, 15) is 8.42 Å². The molecular formula is C17H23N5O2S. The molecule has 1 fully saturated rings. The largest absolute Gasteiger partial charge is 0.353 e. The molecule has 0 radical (unpaired) electrons. The van der Waals surface area contributed by atoms with Crippen LogP contribution in [-0.4, -0.2) is 48.5 Å². The van der Waals surface area contributed by atoms with Crippen molar-refractivity contribution in [1.29, 1.82) is 0 Å². The van der Waals surface area contributed by atoms with E-state index in [1.54, 1.807) is 19.6 Å². The van der Waals surface area contributed by atoms with Crippen molar-refractivity contribution in [3.63, 3.8) is 0 Å². The zero-order chi connectivity index (χ0) is 17.7. The second-order valence-electron chi connectivity index (χ2n) is 6.22. The SMILES string of the molecule is CN=C(NCc1ccc(Cn2ccnc2)cc1)NC1CCS(=O)(=O)C1. The van der Waals surface area contributed by atoms with Crippen LogP contribution in [0.3, 0.4) is 0 Å². The third kappa shape index (κ3) is 5.06. The molecule has 0 spiro atoms. The van der Waals surface area contributed by atoms with Gasteiger partial charge in [-0.2, -0.15) is 0 Å². The number of guanidine groups is 1. The van der Waals surface area contributed by atoms with E-state index in [2.05, 4.69) is 44.9 Å². The van der Waals surface area contributed by atoms with Crippen molar-refractivity contribution in [3.05, 3.63) is 54.1 Å². The van der Waals surface area contributed by atoms with Gasteiger partial charge in [0.15, 0.2) is 15.8 Å². The Morgan fingerprint density at radius 3 is 2.68 bits per heavy atom. The summed E-state index contributed by atoms with van der Waals surface area (Å²) in [4.78, 5) is 8.21. The molecule has 1 aliphatic rings. The summed E-state index contributed by atoms with van der Waals surface area (Å²) in [5.74, 6) is 1.06. The molecule has 1 unspecified atom stereocenters. The molecule has 3 rings (SSSR count). The van der Waals surface area contributed by atoms with Crippen LogP contribution >= 0.6 is 0 Å². The first kappa shape index (κ1) is 17.5. The minimum absolute atomic E-state index is 0.0613. The van der Waals surface area contributed by atoms with Gasteiger partial charge in [-0.1, -0.05) is 24.3 Å². The Bertz CT molecular complexity index is 813. The highest BCUT2D eigenvalue weighted by atomic mass is 32.2. The fourth-order valence-corrected chi connectivity index (χ4v) is 4.51. The zero-order valence-corrected chi connectivity index (χ0v) is 15.0. The second-order valence-corrected chi connectivity index (χ2v) is 8.45. The number of aromatic nitrogens is 2. The summed E-state index contributed by atoms with van der Waals surface area (Å²) in [6, 6.07) is 8.28. The van der Waals surface area contributed by atoms with Crippen LogP contribution in [0.5, 0.6) is 0 Å². The van der Waals surface area contributed by atoms with Crippen molar-refractivity contribution >= 4 is 15.8 Å². The third-order valence-corrected chi connectivity index (χ3v) is 5.97. The van der Waals surface area contributed by atoms with Crippen LogP contribution in [0.1, 0.15) is 17.5 Å². The highest BCUT2D eigenvalue weighted by molar-refractivity contribution is 7.91. The number of sulfone groups is 1. The number of nitrogens with one attached hydrogen (secondary N) is 2. The molecule has 2 aromatic rings. The summed E-state index contributed by atoms with van der Waals surface area (Å²) in [5, 5.41) is 6.42. The Morgan fingerprint density at radius 1 is 1.32 bits per heavy atom. The molecule has 1 aromatic heterocycles. The van der Waals surface area contributed by atoms with Crippen LogP contribution in [0.4, 0.5) is 0 Å². The molecule has 1 saturated heterocycles. The maximum Gasteiger partial charge on any atom is 0.191 e. The van der Waals surface area contributed by atoms with Gasteiger partial charge in [0, 0.05) is 38.6 Å². The Kier molecular flexibility index (Phi) is 5.37. The number of nitrogens with zero attached hydrogens (tertiary/aromatic N) is 3. The van der Waals surface area contributed by atoms with Crippen molar-refractivity contribution in [2.45, 2.75) is 25.6 Å². The van der Waals surface area contributed by atoms with Gasteiger partial charge in [-0.3, -0.25) is 4.99 Å². The van der Waals surface area contributed by atoms with E-state index in [1.807, 2.05) is 10.8 Å². The smallest absolute Gasteiger partial charge is 0.191 e. The Hall–Kier alpha value is -2.35. The van der Waals surface area contributed by atoms with Gasteiger partial charge in [0.25, 0.3) is 0 Å². The summed E-state index contributed by atoms with van der Waals surface area (Å²) in [5.41, 5.74) is 2.34. The van der Waals surface area contributed by atoms with Gasteiger partial charge < -0.3 is 15.2 Å². The third-order valence-electron chi connectivity index (χ3n) is 4.20. The maximum absolute atomic E-state index is 11.5. The molecule has 134 valence electrons. The standard InChI is InChI=1S/C17H23N5O2S/c1-18-17(21-16-6-9-25(23,24)12-16)20-10-14-2-4-15(5-3-14)11-22-8-7-19-13-22/h2-5,7-8,13,16H,6,9-12H2,1H3,(H2,18,20,21). The van der Waals surface area contributed by atoms with Crippen molar-refractivity contribution in [1.82, 2.24) is 20.2 Å². The number of imidazole rings is 1. The van der Waals surface area contributed by atoms with Crippen molar-refractivity contribution in [3.8, 4) is 0 Å². The second kappa shape index (κ2) is 7.69. The summed E-state index contributed by atoms with van der Waals surface area (Å²) >= 11 is 0. The van der Waals surface area contributed by atoms with E-state index in [4.69, 9.17) is 0 Å². The summed E-state index contributed by atoms with van der Waals surface area (Å²) in [7, 11) is -1.21. The van der Waals surface area contributed by atoms with Crippen LogP contribution in [0, 0.1) is 0 Å². The highest BCUT2D eigenvalue weighted by Crippen LogP contribution is 2.11. The first-order valence-electron chi connectivity index (χ1n) is 8.25. The van der Waals surface area contributed by atoms with Gasteiger partial charge in [0.05, 0.1) is 17.8 Å². The number of hydrogen-bond donors (Lipinski definition) is 2. The van der Waals surface area contributed by atoms with Crippen LogP contribution in [0.25, 0.3) is 0 Å². The van der Waals surface area contributed by atoms with Crippen LogP contribution < -0.4 is 10.6 Å². The first-order valence-corrected chi connectivity index (χ1v) is 10.1. The van der Waals surface area contributed by atoms with Crippen molar-refractivity contribution < 1.29 is 8.42 Å². The zero-order valence-electron chi connectivity index (χ0n) is 14.2. The normalized spacial score (nSPS) is 19.7. The van der Waals surface area contributed by atoms with Crippen molar-refractivity contribution in [2.75, 3.05) is 18.6 Å². The van der Waals surface area contributed by atoms with Crippen LogP contribution in [-0.2, 0) is 22.9 Å². The minimum atomic E-state index is -2.89. The van der Waals surface area contributed by atoms with E-state index in [1.165, 1.54) is 5.56 Å². The molecular weight excluding hydrogens is 338 g/mol. The van der Waals surface area contributed by atoms with Gasteiger partial charge in [-0.05, 0) is 17.5 Å². The van der Waals surface area contributed by atoms with E-state index in [0.717, 1.165) is 12.1 Å². The van der Waals surface area contributed by atoms with Crippen molar-refractivity contribution in [2.24, 2.45) is 4.99 Å². The van der Waals surface area contributed by atoms with Crippen LogP contribution in [0.15, 0.2) is 48.0 Å².